The van der Waals surface area contributed by atoms with Crippen LogP contribution in [-0.2, 0) is 6.54 Å². The lowest BCUT2D eigenvalue weighted by atomic mass is 10.1. The number of nitrogen functional groups attached to an aromatic ring is 1. The van der Waals surface area contributed by atoms with Crippen LogP contribution in [0, 0.1) is 0 Å². The van der Waals surface area contributed by atoms with E-state index in [-0.39, 0.29) is 0 Å². The molecule has 2 N–H and O–H groups in total. The number of rotatable bonds is 2. The fourth-order valence-electron chi connectivity index (χ4n) is 2.14. The van der Waals surface area contributed by atoms with Gasteiger partial charge in [-0.1, -0.05) is 13.0 Å². The zero-order chi connectivity index (χ0) is 12.4. The van der Waals surface area contributed by atoms with Crippen molar-refractivity contribution in [3.8, 4) is 0 Å². The number of thioether (sulfide) groups is 1. The molecule has 2 unspecified atom stereocenters. The molecule has 0 aromatic heterocycles. The van der Waals surface area contributed by atoms with Crippen LogP contribution in [0.3, 0.4) is 0 Å². The molecule has 4 heteroatoms. The van der Waals surface area contributed by atoms with Crippen molar-refractivity contribution >= 4 is 33.4 Å². The molecule has 2 nitrogen and oxygen atoms in total. The molecule has 1 fully saturated rings. The SMILES string of the molecule is CC1SCCN(Cc2ccc(Br)c(N)c2)C1C. The molecule has 94 valence electrons. The number of hydrogen-bond donors (Lipinski definition) is 1. The van der Waals surface area contributed by atoms with Gasteiger partial charge in [0.1, 0.15) is 0 Å². The van der Waals surface area contributed by atoms with Crippen molar-refractivity contribution in [1.29, 1.82) is 0 Å². The van der Waals surface area contributed by atoms with Gasteiger partial charge in [-0.15, -0.1) is 0 Å². The third kappa shape index (κ3) is 3.18. The largest absolute Gasteiger partial charge is 0.398 e. The topological polar surface area (TPSA) is 29.3 Å². The van der Waals surface area contributed by atoms with Gasteiger partial charge >= 0.3 is 0 Å². The van der Waals surface area contributed by atoms with Crippen molar-refractivity contribution in [3.63, 3.8) is 0 Å². The molecule has 1 saturated heterocycles. The lowest BCUT2D eigenvalue weighted by Crippen LogP contribution is -2.43. The number of benzene rings is 1. The molecule has 2 atom stereocenters. The van der Waals surface area contributed by atoms with Crippen LogP contribution < -0.4 is 5.73 Å². The molecule has 1 aliphatic heterocycles. The fraction of sp³-hybridized carbons (Fsp3) is 0.538. The summed E-state index contributed by atoms with van der Waals surface area (Å²) in [6.07, 6.45) is 0. The molecule has 0 amide bonds. The molecule has 0 bridgehead atoms. The van der Waals surface area contributed by atoms with Crippen molar-refractivity contribution in [2.75, 3.05) is 18.0 Å². The minimum absolute atomic E-state index is 0.638. The summed E-state index contributed by atoms with van der Waals surface area (Å²) >= 11 is 5.51. The highest BCUT2D eigenvalue weighted by molar-refractivity contribution is 9.10. The predicted octanol–water partition coefficient (Wildman–Crippen LogP) is 3.36. The second kappa shape index (κ2) is 5.63. The van der Waals surface area contributed by atoms with Gasteiger partial charge in [0, 0.05) is 40.3 Å². The summed E-state index contributed by atoms with van der Waals surface area (Å²) < 4.78 is 0.983. The molecule has 1 heterocycles. The maximum absolute atomic E-state index is 5.92. The van der Waals surface area contributed by atoms with Gasteiger partial charge in [0.25, 0.3) is 0 Å². The van der Waals surface area contributed by atoms with Crippen LogP contribution in [0.25, 0.3) is 0 Å². The molecule has 1 aromatic carbocycles. The molecule has 0 saturated carbocycles. The van der Waals surface area contributed by atoms with E-state index in [9.17, 15) is 0 Å². The number of anilines is 1. The van der Waals surface area contributed by atoms with Gasteiger partial charge in [0.05, 0.1) is 0 Å². The number of halogens is 1. The van der Waals surface area contributed by atoms with Crippen LogP contribution in [0.4, 0.5) is 5.69 Å². The summed E-state index contributed by atoms with van der Waals surface area (Å²) in [5.41, 5.74) is 8.05. The maximum Gasteiger partial charge on any atom is 0.0461 e. The van der Waals surface area contributed by atoms with Crippen molar-refractivity contribution in [3.05, 3.63) is 28.2 Å². The molecule has 0 aliphatic carbocycles. The van der Waals surface area contributed by atoms with Crippen molar-refractivity contribution in [2.45, 2.75) is 31.7 Å². The van der Waals surface area contributed by atoms with Crippen LogP contribution in [-0.4, -0.2) is 28.5 Å². The Bertz CT molecular complexity index is 397. The Balaban J connectivity index is 2.07. The first kappa shape index (κ1) is 13.2. The number of nitrogens with two attached hydrogens (primary N) is 1. The second-order valence-corrected chi connectivity index (χ2v) is 6.98. The molecule has 17 heavy (non-hydrogen) atoms. The summed E-state index contributed by atoms with van der Waals surface area (Å²) in [6.45, 7) is 6.81. The zero-order valence-electron chi connectivity index (χ0n) is 10.3. The summed E-state index contributed by atoms with van der Waals surface area (Å²) in [4.78, 5) is 2.55. The van der Waals surface area contributed by atoms with Gasteiger partial charge in [-0.2, -0.15) is 11.8 Å². The highest BCUT2D eigenvalue weighted by Crippen LogP contribution is 2.27. The molecule has 0 radical (unpaired) electrons. The van der Waals surface area contributed by atoms with E-state index in [2.05, 4.69) is 58.6 Å². The van der Waals surface area contributed by atoms with Crippen LogP contribution in [0.5, 0.6) is 0 Å². The van der Waals surface area contributed by atoms with Gasteiger partial charge in [-0.05, 0) is 40.5 Å². The Morgan fingerprint density at radius 3 is 2.94 bits per heavy atom. The van der Waals surface area contributed by atoms with E-state index in [4.69, 9.17) is 5.73 Å². The summed E-state index contributed by atoms with van der Waals surface area (Å²) in [5.74, 6) is 1.23. The Hall–Kier alpha value is -0.190. The van der Waals surface area contributed by atoms with Crippen molar-refractivity contribution in [2.24, 2.45) is 0 Å². The van der Waals surface area contributed by atoms with Crippen molar-refractivity contribution < 1.29 is 0 Å². The molecule has 0 spiro atoms. The Labute approximate surface area is 116 Å². The molecule has 2 rings (SSSR count). The van der Waals surface area contributed by atoms with E-state index in [0.29, 0.717) is 6.04 Å². The van der Waals surface area contributed by atoms with E-state index in [1.54, 1.807) is 0 Å². The minimum atomic E-state index is 0.638. The molecular formula is C13H19BrN2S. The second-order valence-electron chi connectivity index (χ2n) is 4.64. The fourth-order valence-corrected chi connectivity index (χ4v) is 3.55. The average Bonchev–Trinajstić information content (AvgIpc) is 2.30. The van der Waals surface area contributed by atoms with Gasteiger partial charge in [-0.25, -0.2) is 0 Å². The van der Waals surface area contributed by atoms with Gasteiger partial charge in [0.15, 0.2) is 0 Å². The van der Waals surface area contributed by atoms with Gasteiger partial charge < -0.3 is 5.73 Å². The highest BCUT2D eigenvalue weighted by atomic mass is 79.9. The van der Waals surface area contributed by atoms with Crippen LogP contribution >= 0.6 is 27.7 Å². The first-order valence-corrected chi connectivity index (χ1v) is 7.81. The summed E-state index contributed by atoms with van der Waals surface area (Å²) in [6, 6.07) is 6.90. The molecule has 1 aliphatic rings. The van der Waals surface area contributed by atoms with Crippen molar-refractivity contribution in [1.82, 2.24) is 4.90 Å². The van der Waals surface area contributed by atoms with E-state index < -0.39 is 0 Å². The first-order chi connectivity index (χ1) is 8.08. The smallest absolute Gasteiger partial charge is 0.0461 e. The van der Waals surface area contributed by atoms with Crippen LogP contribution in [0.1, 0.15) is 19.4 Å². The molecular weight excluding hydrogens is 296 g/mol. The number of hydrogen-bond acceptors (Lipinski definition) is 3. The van der Waals surface area contributed by atoms with E-state index in [1.807, 2.05) is 6.07 Å². The third-order valence-corrected chi connectivity index (χ3v) is 5.52. The third-order valence-electron chi connectivity index (χ3n) is 3.46. The van der Waals surface area contributed by atoms with E-state index >= 15 is 0 Å². The Kier molecular flexibility index (Phi) is 4.39. The van der Waals surface area contributed by atoms with Gasteiger partial charge in [0.2, 0.25) is 0 Å². The summed E-state index contributed by atoms with van der Waals surface area (Å²) in [5, 5.41) is 0.719. The minimum Gasteiger partial charge on any atom is -0.398 e. The number of nitrogens with zero attached hydrogens (tertiary/aromatic N) is 1. The predicted molar refractivity (Wildman–Crippen MR) is 80.3 cm³/mol. The molecule has 1 aromatic rings. The lowest BCUT2D eigenvalue weighted by Gasteiger charge is -2.37. The van der Waals surface area contributed by atoms with Crippen LogP contribution in [0.15, 0.2) is 22.7 Å². The lowest BCUT2D eigenvalue weighted by molar-refractivity contribution is 0.204. The maximum atomic E-state index is 5.92. The summed E-state index contributed by atoms with van der Waals surface area (Å²) in [7, 11) is 0. The normalized spacial score (nSPS) is 26.1. The quantitative estimate of drug-likeness (QED) is 0.849. The first-order valence-electron chi connectivity index (χ1n) is 5.97. The monoisotopic (exact) mass is 314 g/mol. The average molecular weight is 315 g/mol. The van der Waals surface area contributed by atoms with E-state index in [0.717, 1.165) is 22.0 Å². The van der Waals surface area contributed by atoms with E-state index in [1.165, 1.54) is 17.9 Å². The van der Waals surface area contributed by atoms with Gasteiger partial charge in [-0.3, -0.25) is 4.90 Å². The van der Waals surface area contributed by atoms with Crippen LogP contribution in [0.2, 0.25) is 0 Å². The Morgan fingerprint density at radius 1 is 1.47 bits per heavy atom. The zero-order valence-corrected chi connectivity index (χ0v) is 12.7. The highest BCUT2D eigenvalue weighted by Gasteiger charge is 2.24. The standard InChI is InChI=1S/C13H19BrN2S/c1-9-10(2)17-6-5-16(9)8-11-3-4-12(14)13(15)7-11/h3-4,7,9-10H,5-6,8,15H2,1-2H3. The Morgan fingerprint density at radius 2 is 2.24 bits per heavy atom.